The Labute approximate surface area is 84.5 Å². The molecule has 1 rings (SSSR count). The molecule has 1 aromatic rings. The molecule has 0 unspecified atom stereocenters. The monoisotopic (exact) mass is 195 g/mol. The van der Waals surface area contributed by atoms with Crippen molar-refractivity contribution in [3.63, 3.8) is 0 Å². The van der Waals surface area contributed by atoms with Gasteiger partial charge in [-0.1, -0.05) is 17.7 Å². The zero-order valence-electron chi connectivity index (χ0n) is 8.34. The van der Waals surface area contributed by atoms with Crippen molar-refractivity contribution in [2.45, 2.75) is 19.8 Å². The maximum absolute atomic E-state index is 3.14. The smallest absolute Gasteiger partial charge is 0.00855 e. The fraction of sp³-hybridized carbons (Fsp3) is 0.455. The van der Waals surface area contributed by atoms with Crippen LogP contribution in [0.2, 0.25) is 0 Å². The fourth-order valence-electron chi connectivity index (χ4n) is 1.22. The summed E-state index contributed by atoms with van der Waals surface area (Å²) in [6.07, 6.45) is 4.56. The molecule has 1 aromatic heterocycles. The summed E-state index contributed by atoms with van der Waals surface area (Å²) in [6, 6.07) is 4.31. The second-order valence-corrected chi connectivity index (χ2v) is 4.23. The molecule has 0 amide bonds. The third-order valence-corrected chi connectivity index (χ3v) is 2.80. The molecule has 0 aromatic carbocycles. The van der Waals surface area contributed by atoms with Crippen molar-refractivity contribution in [1.82, 2.24) is 5.32 Å². The van der Waals surface area contributed by atoms with Gasteiger partial charge in [-0.2, -0.15) is 0 Å². The highest BCUT2D eigenvalue weighted by Gasteiger charge is 1.94. The van der Waals surface area contributed by atoms with Crippen molar-refractivity contribution in [2.75, 3.05) is 13.6 Å². The number of hydrogen-bond donors (Lipinski definition) is 1. The molecular formula is C11H17NS. The van der Waals surface area contributed by atoms with Gasteiger partial charge in [0.05, 0.1) is 0 Å². The number of hydrogen-bond acceptors (Lipinski definition) is 2. The van der Waals surface area contributed by atoms with Crippen LogP contribution in [0.4, 0.5) is 0 Å². The van der Waals surface area contributed by atoms with Crippen molar-refractivity contribution in [2.24, 2.45) is 0 Å². The van der Waals surface area contributed by atoms with Gasteiger partial charge in [0.1, 0.15) is 0 Å². The van der Waals surface area contributed by atoms with E-state index in [0.717, 1.165) is 19.4 Å². The fourth-order valence-corrected chi connectivity index (χ4v) is 2.02. The minimum atomic E-state index is 1.07. The van der Waals surface area contributed by atoms with Crippen LogP contribution < -0.4 is 5.32 Å². The van der Waals surface area contributed by atoms with E-state index in [0.29, 0.717) is 0 Å². The zero-order valence-corrected chi connectivity index (χ0v) is 9.16. The van der Waals surface area contributed by atoms with E-state index in [1.165, 1.54) is 10.5 Å². The first-order valence-electron chi connectivity index (χ1n) is 4.65. The van der Waals surface area contributed by atoms with Crippen LogP contribution in [-0.4, -0.2) is 13.6 Å². The van der Waals surface area contributed by atoms with E-state index in [2.05, 4.69) is 35.8 Å². The van der Waals surface area contributed by atoms with Gasteiger partial charge in [0.25, 0.3) is 0 Å². The molecule has 0 aliphatic heterocycles. The van der Waals surface area contributed by atoms with E-state index in [1.807, 2.05) is 18.4 Å². The molecule has 0 bridgehead atoms. The number of allylic oxidation sites excluding steroid dienone is 1. The van der Waals surface area contributed by atoms with Gasteiger partial charge in [-0.25, -0.2) is 0 Å². The van der Waals surface area contributed by atoms with Crippen LogP contribution in [-0.2, 0) is 6.42 Å². The standard InChI is InChI=1S/C11H17NS/c1-10(5-3-7-12-2)9-11-6-4-8-13-11/h4-6,8,12H,3,7,9H2,1-2H3. The van der Waals surface area contributed by atoms with Gasteiger partial charge in [0.2, 0.25) is 0 Å². The first-order chi connectivity index (χ1) is 6.33. The summed E-state index contributed by atoms with van der Waals surface area (Å²) in [5, 5.41) is 5.28. The first-order valence-corrected chi connectivity index (χ1v) is 5.53. The molecule has 13 heavy (non-hydrogen) atoms. The lowest BCUT2D eigenvalue weighted by atomic mass is 10.1. The Morgan fingerprint density at radius 2 is 2.46 bits per heavy atom. The largest absolute Gasteiger partial charge is 0.319 e. The van der Waals surface area contributed by atoms with Gasteiger partial charge in [-0.05, 0) is 38.4 Å². The normalized spacial score (nSPS) is 12.0. The average molecular weight is 195 g/mol. The molecule has 0 aliphatic rings. The molecule has 1 heterocycles. The summed E-state index contributed by atoms with van der Waals surface area (Å²) in [5.41, 5.74) is 1.47. The number of rotatable bonds is 5. The lowest BCUT2D eigenvalue weighted by Crippen LogP contribution is -2.06. The summed E-state index contributed by atoms with van der Waals surface area (Å²) >= 11 is 1.83. The molecule has 0 fully saturated rings. The molecule has 72 valence electrons. The molecule has 0 radical (unpaired) electrons. The third-order valence-electron chi connectivity index (χ3n) is 1.92. The van der Waals surface area contributed by atoms with Gasteiger partial charge in [0, 0.05) is 11.3 Å². The van der Waals surface area contributed by atoms with E-state index < -0.39 is 0 Å². The maximum Gasteiger partial charge on any atom is 0.00855 e. The summed E-state index contributed by atoms with van der Waals surface area (Å²) in [6.45, 7) is 3.27. The molecule has 0 atom stereocenters. The van der Waals surface area contributed by atoms with Crippen LogP contribution in [0.1, 0.15) is 18.2 Å². The van der Waals surface area contributed by atoms with E-state index in [-0.39, 0.29) is 0 Å². The SMILES string of the molecule is CNCCC=C(C)Cc1cccs1. The summed E-state index contributed by atoms with van der Waals surface area (Å²) in [5.74, 6) is 0. The third kappa shape index (κ3) is 4.25. The lowest BCUT2D eigenvalue weighted by Gasteiger charge is -1.98. The van der Waals surface area contributed by atoms with Crippen LogP contribution in [0.25, 0.3) is 0 Å². The summed E-state index contributed by atoms with van der Waals surface area (Å²) in [7, 11) is 1.99. The Morgan fingerprint density at radius 3 is 3.08 bits per heavy atom. The maximum atomic E-state index is 3.14. The molecule has 1 N–H and O–H groups in total. The van der Waals surface area contributed by atoms with Crippen LogP contribution in [0.15, 0.2) is 29.2 Å². The van der Waals surface area contributed by atoms with Crippen LogP contribution >= 0.6 is 11.3 Å². The minimum absolute atomic E-state index is 1.07. The van der Waals surface area contributed by atoms with Crippen molar-refractivity contribution >= 4 is 11.3 Å². The van der Waals surface area contributed by atoms with E-state index in [4.69, 9.17) is 0 Å². The lowest BCUT2D eigenvalue weighted by molar-refractivity contribution is 0.803. The van der Waals surface area contributed by atoms with Gasteiger partial charge in [-0.15, -0.1) is 11.3 Å². The quantitative estimate of drug-likeness (QED) is 0.563. The van der Waals surface area contributed by atoms with Crippen molar-refractivity contribution in [3.8, 4) is 0 Å². The van der Waals surface area contributed by atoms with Gasteiger partial charge >= 0.3 is 0 Å². The molecule has 0 spiro atoms. The van der Waals surface area contributed by atoms with Crippen LogP contribution in [0, 0.1) is 0 Å². The zero-order chi connectivity index (χ0) is 9.52. The van der Waals surface area contributed by atoms with Gasteiger partial charge in [-0.3, -0.25) is 0 Å². The second-order valence-electron chi connectivity index (χ2n) is 3.20. The Bertz CT molecular complexity index is 249. The highest BCUT2D eigenvalue weighted by molar-refractivity contribution is 7.09. The number of nitrogens with one attached hydrogen (secondary N) is 1. The molecule has 0 aliphatic carbocycles. The van der Waals surface area contributed by atoms with Crippen molar-refractivity contribution in [3.05, 3.63) is 34.0 Å². The van der Waals surface area contributed by atoms with E-state index >= 15 is 0 Å². The number of thiophene rings is 1. The van der Waals surface area contributed by atoms with Crippen LogP contribution in [0.5, 0.6) is 0 Å². The molecule has 1 nitrogen and oxygen atoms in total. The Hall–Kier alpha value is -0.600. The molecule has 0 saturated carbocycles. The van der Waals surface area contributed by atoms with E-state index in [9.17, 15) is 0 Å². The Morgan fingerprint density at radius 1 is 1.62 bits per heavy atom. The van der Waals surface area contributed by atoms with Gasteiger partial charge in [0.15, 0.2) is 0 Å². The minimum Gasteiger partial charge on any atom is -0.319 e. The first kappa shape index (κ1) is 10.5. The van der Waals surface area contributed by atoms with Gasteiger partial charge < -0.3 is 5.32 Å². The average Bonchev–Trinajstić information content (AvgIpc) is 2.57. The summed E-state index contributed by atoms with van der Waals surface area (Å²) < 4.78 is 0. The molecule has 2 heteroatoms. The molecule has 0 saturated heterocycles. The van der Waals surface area contributed by atoms with Crippen molar-refractivity contribution < 1.29 is 0 Å². The Balaban J connectivity index is 2.32. The predicted octanol–water partition coefficient (Wildman–Crippen LogP) is 2.85. The van der Waals surface area contributed by atoms with E-state index in [1.54, 1.807) is 0 Å². The van der Waals surface area contributed by atoms with Crippen molar-refractivity contribution in [1.29, 1.82) is 0 Å². The highest BCUT2D eigenvalue weighted by atomic mass is 32.1. The summed E-state index contributed by atoms with van der Waals surface area (Å²) in [4.78, 5) is 1.46. The topological polar surface area (TPSA) is 12.0 Å². The molecular weight excluding hydrogens is 178 g/mol. The van der Waals surface area contributed by atoms with Crippen LogP contribution in [0.3, 0.4) is 0 Å². The predicted molar refractivity (Wildman–Crippen MR) is 60.3 cm³/mol. The second kappa shape index (κ2) is 5.95. The highest BCUT2D eigenvalue weighted by Crippen LogP contribution is 2.13. The Kier molecular flexibility index (Phi) is 4.79.